The third-order valence-corrected chi connectivity index (χ3v) is 4.30. The molecule has 1 unspecified atom stereocenters. The van der Waals surface area contributed by atoms with Crippen LogP contribution in [0.3, 0.4) is 0 Å². The van der Waals surface area contributed by atoms with Crippen molar-refractivity contribution >= 4 is 5.82 Å². The highest BCUT2D eigenvalue weighted by Crippen LogP contribution is 2.25. The molecule has 2 aromatic rings. The summed E-state index contributed by atoms with van der Waals surface area (Å²) < 4.78 is 0. The largest absolute Gasteiger partial charge is 0.367 e. The summed E-state index contributed by atoms with van der Waals surface area (Å²) in [5.41, 5.74) is 1.94. The normalized spacial score (nSPS) is 13.1. The van der Waals surface area contributed by atoms with E-state index in [2.05, 4.69) is 67.0 Å². The van der Waals surface area contributed by atoms with Crippen LogP contribution in [0.1, 0.15) is 33.4 Å². The number of rotatable bonds is 7. The summed E-state index contributed by atoms with van der Waals surface area (Å²) in [7, 11) is 4.21. The number of aryl methyl sites for hydroxylation is 1. The number of nitrogens with one attached hydrogen (secondary N) is 1. The van der Waals surface area contributed by atoms with E-state index in [4.69, 9.17) is 0 Å². The van der Waals surface area contributed by atoms with E-state index in [1.54, 1.807) is 6.20 Å². The van der Waals surface area contributed by atoms with Gasteiger partial charge in [-0.15, -0.1) is 0 Å². The number of nitrogens with zero attached hydrogens (tertiary/aromatic N) is 4. The van der Waals surface area contributed by atoms with Crippen LogP contribution in [0.15, 0.2) is 30.5 Å². The van der Waals surface area contributed by atoms with Gasteiger partial charge in [-0.05, 0) is 45.0 Å². The molecule has 5 heteroatoms. The molecular weight excluding hydrogens is 298 g/mol. The zero-order chi connectivity index (χ0) is 17.7. The van der Waals surface area contributed by atoms with Gasteiger partial charge >= 0.3 is 0 Å². The first-order chi connectivity index (χ1) is 11.3. The van der Waals surface area contributed by atoms with Crippen molar-refractivity contribution in [3.05, 3.63) is 36.2 Å². The molecule has 0 saturated heterocycles. The van der Waals surface area contributed by atoms with Gasteiger partial charge in [-0.3, -0.25) is 4.98 Å². The Labute approximate surface area is 145 Å². The number of hydrogen-bond acceptors (Lipinski definition) is 5. The maximum Gasteiger partial charge on any atom is 0.180 e. The second-order valence-corrected chi connectivity index (χ2v) is 7.23. The summed E-state index contributed by atoms with van der Waals surface area (Å²) in [6.45, 7) is 9.85. The van der Waals surface area contributed by atoms with E-state index in [1.165, 1.54) is 0 Å². The number of aromatic nitrogens is 3. The molecule has 1 N–H and O–H groups in total. The summed E-state index contributed by atoms with van der Waals surface area (Å²) in [5, 5.41) is 3.57. The van der Waals surface area contributed by atoms with E-state index >= 15 is 0 Å². The topological polar surface area (TPSA) is 53.9 Å². The van der Waals surface area contributed by atoms with Gasteiger partial charge in [0.25, 0.3) is 0 Å². The van der Waals surface area contributed by atoms with Crippen molar-refractivity contribution in [2.75, 3.05) is 26.0 Å². The van der Waals surface area contributed by atoms with Crippen molar-refractivity contribution in [1.29, 1.82) is 0 Å². The Morgan fingerprint density at radius 3 is 2.54 bits per heavy atom. The van der Waals surface area contributed by atoms with Gasteiger partial charge in [-0.2, -0.15) is 0 Å². The first kappa shape index (κ1) is 18.3. The molecule has 0 aromatic carbocycles. The molecule has 130 valence electrons. The van der Waals surface area contributed by atoms with Crippen molar-refractivity contribution in [2.45, 2.75) is 40.2 Å². The van der Waals surface area contributed by atoms with E-state index in [0.717, 1.165) is 30.2 Å². The van der Waals surface area contributed by atoms with E-state index in [1.807, 2.05) is 24.3 Å². The molecular formula is C19H29N5. The van der Waals surface area contributed by atoms with Crippen LogP contribution in [0.25, 0.3) is 11.5 Å². The molecule has 0 radical (unpaired) electrons. The minimum Gasteiger partial charge on any atom is -0.367 e. The molecule has 2 aromatic heterocycles. The lowest BCUT2D eigenvalue weighted by Gasteiger charge is -2.35. The van der Waals surface area contributed by atoms with Crippen LogP contribution in [0.2, 0.25) is 0 Å². The van der Waals surface area contributed by atoms with Crippen LogP contribution in [0.5, 0.6) is 0 Å². The fourth-order valence-electron chi connectivity index (χ4n) is 2.73. The first-order valence-corrected chi connectivity index (χ1v) is 8.52. The van der Waals surface area contributed by atoms with Gasteiger partial charge < -0.3 is 10.2 Å². The lowest BCUT2D eigenvalue weighted by atomic mass is 9.85. The molecule has 0 spiro atoms. The number of hydrogen-bond donors (Lipinski definition) is 1. The first-order valence-electron chi connectivity index (χ1n) is 8.52. The third-order valence-electron chi connectivity index (χ3n) is 4.30. The molecule has 0 aliphatic heterocycles. The van der Waals surface area contributed by atoms with Crippen molar-refractivity contribution in [3.8, 4) is 11.5 Å². The zero-order valence-corrected chi connectivity index (χ0v) is 15.7. The van der Waals surface area contributed by atoms with E-state index in [-0.39, 0.29) is 11.5 Å². The highest BCUT2D eigenvalue weighted by atomic mass is 15.1. The van der Waals surface area contributed by atoms with Crippen molar-refractivity contribution in [3.63, 3.8) is 0 Å². The van der Waals surface area contributed by atoms with Gasteiger partial charge in [-0.1, -0.05) is 26.8 Å². The molecule has 0 aliphatic carbocycles. The summed E-state index contributed by atoms with van der Waals surface area (Å²) in [6.07, 6.45) is 2.64. The average Bonchev–Trinajstić information content (AvgIpc) is 2.54. The predicted octanol–water partition coefficient (Wildman–Crippen LogP) is 3.49. The third kappa shape index (κ3) is 4.74. The Kier molecular flexibility index (Phi) is 5.89. The van der Waals surface area contributed by atoms with E-state index in [0.29, 0.717) is 5.82 Å². The zero-order valence-electron chi connectivity index (χ0n) is 15.7. The molecule has 2 rings (SSSR count). The molecule has 0 fully saturated rings. The van der Waals surface area contributed by atoms with Gasteiger partial charge in [0.05, 0.1) is 0 Å². The summed E-state index contributed by atoms with van der Waals surface area (Å²) >= 11 is 0. The Balaban J connectivity index is 2.27. The smallest absolute Gasteiger partial charge is 0.180 e. The highest BCUT2D eigenvalue weighted by Gasteiger charge is 2.27. The van der Waals surface area contributed by atoms with Crippen LogP contribution in [-0.2, 0) is 6.42 Å². The lowest BCUT2D eigenvalue weighted by Crippen LogP contribution is -2.41. The van der Waals surface area contributed by atoms with Crippen LogP contribution >= 0.6 is 0 Å². The molecule has 5 nitrogen and oxygen atoms in total. The Bertz CT molecular complexity index is 652. The number of pyridine rings is 1. The minimum absolute atomic E-state index is 0.117. The maximum absolute atomic E-state index is 4.69. The Hall–Kier alpha value is -2.01. The quantitative estimate of drug-likeness (QED) is 0.843. The van der Waals surface area contributed by atoms with Crippen molar-refractivity contribution < 1.29 is 0 Å². The fraction of sp³-hybridized carbons (Fsp3) is 0.526. The van der Waals surface area contributed by atoms with Crippen molar-refractivity contribution in [2.24, 2.45) is 5.41 Å². The standard InChI is InChI=1S/C19H29N5/c1-7-15-12-17(21-14(2)19(3,4)13-24(5)6)23-18(22-15)16-10-8-9-11-20-16/h8-12,14H,7,13H2,1-6H3,(H,21,22,23). The SMILES string of the molecule is CCc1cc(NC(C)C(C)(C)CN(C)C)nc(-c2ccccn2)n1. The summed E-state index contributed by atoms with van der Waals surface area (Å²) in [6, 6.07) is 8.11. The van der Waals surface area contributed by atoms with Crippen molar-refractivity contribution in [1.82, 2.24) is 19.9 Å². The Morgan fingerprint density at radius 1 is 1.21 bits per heavy atom. The second kappa shape index (κ2) is 7.71. The van der Waals surface area contributed by atoms with Gasteiger partial charge in [0, 0.05) is 30.5 Å². The molecule has 24 heavy (non-hydrogen) atoms. The van der Waals surface area contributed by atoms with Gasteiger partial charge in [0.2, 0.25) is 0 Å². The minimum atomic E-state index is 0.117. The second-order valence-electron chi connectivity index (χ2n) is 7.23. The molecule has 0 saturated carbocycles. The highest BCUT2D eigenvalue weighted by molar-refractivity contribution is 5.53. The van der Waals surface area contributed by atoms with Crippen LogP contribution in [-0.4, -0.2) is 46.5 Å². The maximum atomic E-state index is 4.69. The van der Waals surface area contributed by atoms with Crippen LogP contribution in [0.4, 0.5) is 5.82 Å². The van der Waals surface area contributed by atoms with Crippen LogP contribution in [0, 0.1) is 5.41 Å². The van der Waals surface area contributed by atoms with Gasteiger partial charge in [-0.25, -0.2) is 9.97 Å². The lowest BCUT2D eigenvalue weighted by molar-refractivity contribution is 0.217. The summed E-state index contributed by atoms with van der Waals surface area (Å²) in [5.74, 6) is 1.54. The molecule has 0 bridgehead atoms. The molecule has 0 aliphatic rings. The van der Waals surface area contributed by atoms with E-state index in [9.17, 15) is 0 Å². The average molecular weight is 327 g/mol. The number of anilines is 1. The summed E-state index contributed by atoms with van der Waals surface area (Å²) in [4.78, 5) is 15.9. The monoisotopic (exact) mass is 327 g/mol. The van der Waals surface area contributed by atoms with Crippen LogP contribution < -0.4 is 5.32 Å². The molecule has 2 heterocycles. The predicted molar refractivity (Wildman–Crippen MR) is 100 cm³/mol. The Morgan fingerprint density at radius 2 is 1.96 bits per heavy atom. The molecule has 0 amide bonds. The molecule has 1 atom stereocenters. The fourth-order valence-corrected chi connectivity index (χ4v) is 2.73. The van der Waals surface area contributed by atoms with Gasteiger partial charge in [0.15, 0.2) is 5.82 Å². The van der Waals surface area contributed by atoms with Gasteiger partial charge in [0.1, 0.15) is 11.5 Å². The van der Waals surface area contributed by atoms with E-state index < -0.39 is 0 Å².